The molecule has 1 amide bonds. The zero-order chi connectivity index (χ0) is 12.4. The van der Waals surface area contributed by atoms with Crippen molar-refractivity contribution in [3.05, 3.63) is 17.5 Å². The van der Waals surface area contributed by atoms with E-state index < -0.39 is 0 Å². The fourth-order valence-electron chi connectivity index (χ4n) is 2.25. The van der Waals surface area contributed by atoms with Gasteiger partial charge in [0.05, 0.1) is 11.3 Å². The summed E-state index contributed by atoms with van der Waals surface area (Å²) in [5.41, 5.74) is 1.66. The summed E-state index contributed by atoms with van der Waals surface area (Å²) in [5.74, 6) is 0.124. The van der Waals surface area contributed by atoms with Gasteiger partial charge in [0.15, 0.2) is 0 Å². The monoisotopic (exact) mass is 299 g/mol. The largest absolute Gasteiger partial charge is 0.337 e. The number of carbonyl (C=O) groups excluding carboxylic acids is 1. The maximum absolute atomic E-state index is 12.4. The molecule has 0 saturated carbocycles. The molecule has 0 N–H and O–H groups in total. The summed E-state index contributed by atoms with van der Waals surface area (Å²) in [6, 6.07) is 0. The van der Waals surface area contributed by atoms with E-state index >= 15 is 0 Å². The highest BCUT2D eigenvalue weighted by molar-refractivity contribution is 9.09. The molecular formula is C12H18BrN3O. The quantitative estimate of drug-likeness (QED) is 0.783. The summed E-state index contributed by atoms with van der Waals surface area (Å²) in [4.78, 5) is 14.8. The second-order valence-corrected chi connectivity index (χ2v) is 5.80. The molecule has 0 bridgehead atoms. The number of aryl methyl sites for hydroxylation is 2. The summed E-state index contributed by atoms with van der Waals surface area (Å²) in [6.07, 6.45) is 4.85. The zero-order valence-electron chi connectivity index (χ0n) is 10.3. The predicted molar refractivity (Wildman–Crippen MR) is 70.4 cm³/mol. The van der Waals surface area contributed by atoms with Crippen molar-refractivity contribution in [1.29, 1.82) is 0 Å². The minimum atomic E-state index is 0.124. The van der Waals surface area contributed by atoms with Crippen LogP contribution in [0.25, 0.3) is 0 Å². The van der Waals surface area contributed by atoms with Gasteiger partial charge in [0.1, 0.15) is 0 Å². The van der Waals surface area contributed by atoms with E-state index in [-0.39, 0.29) is 5.91 Å². The van der Waals surface area contributed by atoms with Gasteiger partial charge in [0, 0.05) is 31.2 Å². The average Bonchev–Trinajstić information content (AvgIpc) is 2.69. The molecule has 94 valence electrons. The fourth-order valence-corrected chi connectivity index (χ4v) is 2.93. The van der Waals surface area contributed by atoms with E-state index in [0.29, 0.717) is 4.83 Å². The Morgan fingerprint density at radius 1 is 1.65 bits per heavy atom. The molecule has 1 fully saturated rings. The van der Waals surface area contributed by atoms with E-state index in [9.17, 15) is 4.79 Å². The maximum atomic E-state index is 12.4. The van der Waals surface area contributed by atoms with Crippen LogP contribution in [0.1, 0.15) is 35.8 Å². The SMILES string of the molecule is CCc1nn(C)cc1C(=O)N1CCCC(Br)C1. The number of carbonyl (C=O) groups is 1. The summed E-state index contributed by atoms with van der Waals surface area (Å²) in [7, 11) is 1.86. The number of alkyl halides is 1. The van der Waals surface area contributed by atoms with Gasteiger partial charge in [-0.05, 0) is 19.3 Å². The first-order valence-electron chi connectivity index (χ1n) is 6.07. The minimum absolute atomic E-state index is 0.124. The van der Waals surface area contributed by atoms with Crippen molar-refractivity contribution in [2.24, 2.45) is 7.05 Å². The lowest BCUT2D eigenvalue weighted by molar-refractivity contribution is 0.0729. The molecular weight excluding hydrogens is 282 g/mol. The highest BCUT2D eigenvalue weighted by atomic mass is 79.9. The molecule has 1 aliphatic heterocycles. The van der Waals surface area contributed by atoms with Crippen molar-refractivity contribution < 1.29 is 4.79 Å². The summed E-state index contributed by atoms with van der Waals surface area (Å²) < 4.78 is 1.72. The van der Waals surface area contributed by atoms with Gasteiger partial charge in [-0.1, -0.05) is 22.9 Å². The molecule has 1 unspecified atom stereocenters. The number of amides is 1. The molecule has 0 spiro atoms. The Kier molecular flexibility index (Phi) is 3.86. The summed E-state index contributed by atoms with van der Waals surface area (Å²) in [5, 5.41) is 4.32. The third kappa shape index (κ3) is 2.70. The van der Waals surface area contributed by atoms with Crippen LogP contribution in [-0.2, 0) is 13.5 Å². The summed E-state index contributed by atoms with van der Waals surface area (Å²) in [6.45, 7) is 3.69. The van der Waals surface area contributed by atoms with Crippen molar-refractivity contribution in [2.45, 2.75) is 31.0 Å². The molecule has 2 rings (SSSR count). The smallest absolute Gasteiger partial charge is 0.257 e. The maximum Gasteiger partial charge on any atom is 0.257 e. The van der Waals surface area contributed by atoms with E-state index in [4.69, 9.17) is 0 Å². The Morgan fingerprint density at radius 3 is 3.06 bits per heavy atom. The van der Waals surface area contributed by atoms with Crippen LogP contribution < -0.4 is 0 Å². The van der Waals surface area contributed by atoms with Crippen LogP contribution in [0.5, 0.6) is 0 Å². The fraction of sp³-hybridized carbons (Fsp3) is 0.667. The number of hydrogen-bond acceptors (Lipinski definition) is 2. The van der Waals surface area contributed by atoms with Crippen LogP contribution in [0, 0.1) is 0 Å². The molecule has 1 aliphatic rings. The molecule has 17 heavy (non-hydrogen) atoms. The standard InChI is InChI=1S/C12H18BrN3O/c1-3-11-10(8-15(2)14-11)12(17)16-6-4-5-9(13)7-16/h8-9H,3-7H2,1-2H3. The molecule has 5 heteroatoms. The number of piperidine rings is 1. The predicted octanol–water partition coefficient (Wildman–Crippen LogP) is 1.98. The van der Waals surface area contributed by atoms with E-state index in [2.05, 4.69) is 21.0 Å². The number of likely N-dealkylation sites (tertiary alicyclic amines) is 1. The minimum Gasteiger partial charge on any atom is -0.337 e. The molecule has 0 aliphatic carbocycles. The first-order chi connectivity index (χ1) is 8.11. The molecule has 4 nitrogen and oxygen atoms in total. The third-order valence-electron chi connectivity index (χ3n) is 3.12. The second-order valence-electron chi connectivity index (χ2n) is 4.51. The van der Waals surface area contributed by atoms with Crippen molar-refractivity contribution in [3.8, 4) is 0 Å². The number of aromatic nitrogens is 2. The van der Waals surface area contributed by atoms with Gasteiger partial charge in [-0.3, -0.25) is 9.48 Å². The zero-order valence-corrected chi connectivity index (χ0v) is 11.9. The van der Waals surface area contributed by atoms with Gasteiger partial charge in [-0.15, -0.1) is 0 Å². The van der Waals surface area contributed by atoms with Gasteiger partial charge in [-0.2, -0.15) is 5.10 Å². The molecule has 1 aromatic rings. The Hall–Kier alpha value is -0.840. The Morgan fingerprint density at radius 2 is 2.41 bits per heavy atom. The van der Waals surface area contributed by atoms with E-state index in [1.807, 2.05) is 25.1 Å². The first kappa shape index (κ1) is 12.6. The highest BCUT2D eigenvalue weighted by Crippen LogP contribution is 2.20. The van der Waals surface area contributed by atoms with Crippen molar-refractivity contribution in [1.82, 2.24) is 14.7 Å². The lowest BCUT2D eigenvalue weighted by atomic mass is 10.1. The topological polar surface area (TPSA) is 38.1 Å². The summed E-state index contributed by atoms with van der Waals surface area (Å²) >= 11 is 3.60. The van der Waals surface area contributed by atoms with Crippen LogP contribution in [0.15, 0.2) is 6.20 Å². The molecule has 1 saturated heterocycles. The lowest BCUT2D eigenvalue weighted by Gasteiger charge is -2.29. The van der Waals surface area contributed by atoms with Gasteiger partial charge >= 0.3 is 0 Å². The second kappa shape index (κ2) is 5.21. The number of nitrogens with zero attached hydrogens (tertiary/aromatic N) is 3. The van der Waals surface area contributed by atoms with Crippen LogP contribution in [0.2, 0.25) is 0 Å². The molecule has 1 atom stereocenters. The molecule has 2 heterocycles. The van der Waals surface area contributed by atoms with Crippen LogP contribution in [0.4, 0.5) is 0 Å². The number of halogens is 1. The van der Waals surface area contributed by atoms with Gasteiger partial charge in [0.2, 0.25) is 0 Å². The highest BCUT2D eigenvalue weighted by Gasteiger charge is 2.25. The molecule has 1 aromatic heterocycles. The van der Waals surface area contributed by atoms with Crippen molar-refractivity contribution in [3.63, 3.8) is 0 Å². The molecule has 0 aromatic carbocycles. The van der Waals surface area contributed by atoms with Gasteiger partial charge in [-0.25, -0.2) is 0 Å². The Bertz CT molecular complexity index is 416. The Labute approximate surface area is 110 Å². The van der Waals surface area contributed by atoms with Crippen molar-refractivity contribution >= 4 is 21.8 Å². The average molecular weight is 300 g/mol. The normalized spacial score (nSPS) is 20.6. The van der Waals surface area contributed by atoms with E-state index in [1.165, 1.54) is 0 Å². The number of rotatable bonds is 2. The number of hydrogen-bond donors (Lipinski definition) is 0. The van der Waals surface area contributed by atoms with Gasteiger partial charge in [0.25, 0.3) is 5.91 Å². The van der Waals surface area contributed by atoms with E-state index in [1.54, 1.807) is 4.68 Å². The lowest BCUT2D eigenvalue weighted by Crippen LogP contribution is -2.40. The van der Waals surface area contributed by atoms with Crippen LogP contribution in [0.3, 0.4) is 0 Å². The van der Waals surface area contributed by atoms with Gasteiger partial charge < -0.3 is 4.90 Å². The van der Waals surface area contributed by atoms with E-state index in [0.717, 1.165) is 43.6 Å². The van der Waals surface area contributed by atoms with Crippen LogP contribution >= 0.6 is 15.9 Å². The Balaban J connectivity index is 2.18. The van der Waals surface area contributed by atoms with Crippen molar-refractivity contribution in [2.75, 3.05) is 13.1 Å². The third-order valence-corrected chi connectivity index (χ3v) is 3.87. The first-order valence-corrected chi connectivity index (χ1v) is 6.99. The molecule has 0 radical (unpaired) electrons. The van der Waals surface area contributed by atoms with Crippen LogP contribution in [-0.4, -0.2) is 38.5 Å².